The maximum atomic E-state index is 13.7. The number of nitrogens with zero attached hydrogens (tertiary/aromatic N) is 1. The van der Waals surface area contributed by atoms with Gasteiger partial charge in [-0.05, 0) is 61.5 Å². The van der Waals surface area contributed by atoms with Crippen LogP contribution in [0.15, 0.2) is 30.3 Å². The molecule has 0 aliphatic carbocycles. The lowest BCUT2D eigenvalue weighted by Crippen LogP contribution is -1.97. The molecule has 0 radical (unpaired) electrons. The smallest absolute Gasteiger partial charge is 0.182 e. The first-order valence-electron chi connectivity index (χ1n) is 6.15. The Morgan fingerprint density at radius 3 is 2.65 bits per heavy atom. The lowest BCUT2D eigenvalue weighted by molar-refractivity contribution is 0.620. The van der Waals surface area contributed by atoms with Gasteiger partial charge >= 0.3 is 0 Å². The Morgan fingerprint density at radius 1 is 1.15 bits per heavy atom. The van der Waals surface area contributed by atoms with Crippen molar-refractivity contribution in [1.82, 2.24) is 9.55 Å². The number of nitrogens with one attached hydrogen (secondary N) is 1. The molecule has 2 nitrogen and oxygen atoms in total. The van der Waals surface area contributed by atoms with Crippen molar-refractivity contribution in [2.45, 2.75) is 13.8 Å². The van der Waals surface area contributed by atoms with E-state index >= 15 is 0 Å². The number of aryl methyl sites for hydroxylation is 2. The number of imidazole rings is 1. The second kappa shape index (κ2) is 4.72. The third-order valence-corrected chi connectivity index (χ3v) is 3.89. The molecule has 0 fully saturated rings. The van der Waals surface area contributed by atoms with Crippen LogP contribution in [0.25, 0.3) is 16.7 Å². The summed E-state index contributed by atoms with van der Waals surface area (Å²) in [4.78, 5) is 3.03. The van der Waals surface area contributed by atoms with Crippen molar-refractivity contribution < 1.29 is 4.39 Å². The first-order chi connectivity index (χ1) is 9.47. The first kappa shape index (κ1) is 13.3. The summed E-state index contributed by atoms with van der Waals surface area (Å²) in [6.07, 6.45) is 0. The number of halogens is 2. The van der Waals surface area contributed by atoms with Gasteiger partial charge in [0.15, 0.2) is 4.77 Å². The van der Waals surface area contributed by atoms with Crippen LogP contribution in [-0.2, 0) is 0 Å². The summed E-state index contributed by atoms with van der Waals surface area (Å²) >= 11 is 11.4. The summed E-state index contributed by atoms with van der Waals surface area (Å²) in [7, 11) is 0. The van der Waals surface area contributed by atoms with Crippen molar-refractivity contribution in [1.29, 1.82) is 0 Å². The lowest BCUT2D eigenvalue weighted by Gasteiger charge is -2.09. The summed E-state index contributed by atoms with van der Waals surface area (Å²) < 4.78 is 16.1. The molecule has 0 saturated heterocycles. The van der Waals surface area contributed by atoms with Crippen LogP contribution < -0.4 is 0 Å². The molecule has 2 aromatic carbocycles. The van der Waals surface area contributed by atoms with Gasteiger partial charge in [-0.25, -0.2) is 4.39 Å². The highest BCUT2D eigenvalue weighted by atomic mass is 35.5. The van der Waals surface area contributed by atoms with Gasteiger partial charge in [0, 0.05) is 5.02 Å². The minimum Gasteiger partial charge on any atom is -0.330 e. The molecule has 0 unspecified atom stereocenters. The number of hydrogen-bond donors (Lipinski definition) is 1. The summed E-state index contributed by atoms with van der Waals surface area (Å²) in [5.41, 5.74) is 4.06. The summed E-state index contributed by atoms with van der Waals surface area (Å²) in [6.45, 7) is 3.72. The van der Waals surface area contributed by atoms with Gasteiger partial charge in [0.2, 0.25) is 0 Å². The maximum Gasteiger partial charge on any atom is 0.182 e. The summed E-state index contributed by atoms with van der Waals surface area (Å²) in [6, 6.07) is 8.89. The minimum absolute atomic E-state index is 0.247. The van der Waals surface area contributed by atoms with E-state index in [0.717, 1.165) is 16.8 Å². The van der Waals surface area contributed by atoms with Crippen LogP contribution >= 0.6 is 23.8 Å². The highest BCUT2D eigenvalue weighted by molar-refractivity contribution is 7.71. The number of benzene rings is 2. The fourth-order valence-electron chi connectivity index (χ4n) is 2.29. The van der Waals surface area contributed by atoms with Gasteiger partial charge in [-0.1, -0.05) is 17.7 Å². The van der Waals surface area contributed by atoms with E-state index < -0.39 is 0 Å². The molecule has 0 spiro atoms. The zero-order valence-corrected chi connectivity index (χ0v) is 12.6. The zero-order chi connectivity index (χ0) is 14.4. The van der Waals surface area contributed by atoms with Crippen molar-refractivity contribution >= 4 is 34.9 Å². The number of hydrogen-bond acceptors (Lipinski definition) is 1. The van der Waals surface area contributed by atoms with Crippen LogP contribution in [0.5, 0.6) is 0 Å². The van der Waals surface area contributed by atoms with Gasteiger partial charge in [-0.15, -0.1) is 0 Å². The van der Waals surface area contributed by atoms with Gasteiger partial charge in [0.1, 0.15) is 5.82 Å². The average molecular weight is 307 g/mol. The fraction of sp³-hybridized carbons (Fsp3) is 0.133. The highest BCUT2D eigenvalue weighted by Crippen LogP contribution is 2.26. The van der Waals surface area contributed by atoms with E-state index in [-0.39, 0.29) is 5.82 Å². The van der Waals surface area contributed by atoms with Crippen LogP contribution in [0.3, 0.4) is 0 Å². The SMILES string of the molecule is Cc1cc2c(cc1F)[nH]c(=S)n2-c1cc(Cl)ccc1C. The number of fused-ring (bicyclic) bond motifs is 1. The summed E-state index contributed by atoms with van der Waals surface area (Å²) in [5.74, 6) is -0.247. The predicted octanol–water partition coefficient (Wildman–Crippen LogP) is 5.10. The fourth-order valence-corrected chi connectivity index (χ4v) is 2.77. The molecule has 0 bridgehead atoms. The molecule has 1 heterocycles. The van der Waals surface area contributed by atoms with E-state index in [2.05, 4.69) is 4.98 Å². The predicted molar refractivity (Wildman–Crippen MR) is 82.9 cm³/mol. The maximum absolute atomic E-state index is 13.7. The molecule has 1 N–H and O–H groups in total. The molecule has 0 amide bonds. The van der Waals surface area contributed by atoms with Crippen LogP contribution in [-0.4, -0.2) is 9.55 Å². The molecular weight excluding hydrogens is 295 g/mol. The second-order valence-electron chi connectivity index (χ2n) is 4.81. The van der Waals surface area contributed by atoms with Gasteiger partial charge in [0.05, 0.1) is 16.7 Å². The largest absolute Gasteiger partial charge is 0.330 e. The number of aromatic amines is 1. The minimum atomic E-state index is -0.247. The van der Waals surface area contributed by atoms with E-state index in [1.54, 1.807) is 13.0 Å². The Morgan fingerprint density at radius 2 is 1.90 bits per heavy atom. The number of H-pyrrole nitrogens is 1. The topological polar surface area (TPSA) is 20.7 Å². The van der Waals surface area contributed by atoms with E-state index in [1.165, 1.54) is 6.07 Å². The zero-order valence-electron chi connectivity index (χ0n) is 11.0. The van der Waals surface area contributed by atoms with Crippen molar-refractivity contribution in [3.8, 4) is 5.69 Å². The normalized spacial score (nSPS) is 11.2. The van der Waals surface area contributed by atoms with Gasteiger partial charge < -0.3 is 4.98 Å². The molecule has 102 valence electrons. The Hall–Kier alpha value is -1.65. The molecule has 0 saturated carbocycles. The Bertz CT molecular complexity index is 879. The Balaban J connectivity index is 2.42. The van der Waals surface area contributed by atoms with Gasteiger partial charge in [0.25, 0.3) is 0 Å². The number of aromatic nitrogens is 2. The standard InChI is InChI=1S/C15H12ClFN2S/c1-8-3-4-10(16)6-13(8)19-14-5-9(2)11(17)7-12(14)18-15(19)20/h3-7H,1-2H3,(H,18,20). The van der Waals surface area contributed by atoms with Crippen LogP contribution in [0.1, 0.15) is 11.1 Å². The molecule has 0 aliphatic rings. The molecule has 1 aromatic heterocycles. The molecule has 3 rings (SSSR count). The van der Waals surface area contributed by atoms with E-state index in [1.807, 2.05) is 29.7 Å². The van der Waals surface area contributed by atoms with Gasteiger partial charge in [-0.3, -0.25) is 4.57 Å². The third-order valence-electron chi connectivity index (χ3n) is 3.37. The van der Waals surface area contributed by atoms with Crippen LogP contribution in [0.2, 0.25) is 5.02 Å². The van der Waals surface area contributed by atoms with Crippen molar-refractivity contribution in [2.75, 3.05) is 0 Å². The quantitative estimate of drug-likeness (QED) is 0.620. The second-order valence-corrected chi connectivity index (χ2v) is 5.64. The molecule has 3 aromatic rings. The molecular formula is C15H12ClFN2S. The number of rotatable bonds is 1. The molecule has 5 heteroatoms. The lowest BCUT2D eigenvalue weighted by atomic mass is 10.1. The summed E-state index contributed by atoms with van der Waals surface area (Å²) in [5, 5.41) is 0.640. The Kier molecular flexibility index (Phi) is 3.15. The van der Waals surface area contributed by atoms with Gasteiger partial charge in [-0.2, -0.15) is 0 Å². The van der Waals surface area contributed by atoms with E-state index in [9.17, 15) is 4.39 Å². The Labute approximate surface area is 125 Å². The van der Waals surface area contributed by atoms with Crippen molar-refractivity contribution in [2.24, 2.45) is 0 Å². The van der Waals surface area contributed by atoms with Crippen LogP contribution in [0, 0.1) is 24.4 Å². The molecule has 0 aliphatic heterocycles. The van der Waals surface area contributed by atoms with Crippen molar-refractivity contribution in [3.63, 3.8) is 0 Å². The first-order valence-corrected chi connectivity index (χ1v) is 6.93. The van der Waals surface area contributed by atoms with E-state index in [4.69, 9.17) is 23.8 Å². The molecule has 20 heavy (non-hydrogen) atoms. The van der Waals surface area contributed by atoms with Crippen molar-refractivity contribution in [3.05, 3.63) is 57.1 Å². The highest BCUT2D eigenvalue weighted by Gasteiger charge is 2.11. The molecule has 0 atom stereocenters. The van der Waals surface area contributed by atoms with Crippen LogP contribution in [0.4, 0.5) is 4.39 Å². The monoisotopic (exact) mass is 306 g/mol. The third kappa shape index (κ3) is 2.05. The van der Waals surface area contributed by atoms with E-state index in [0.29, 0.717) is 20.9 Å². The average Bonchev–Trinajstić information content (AvgIpc) is 2.69.